The highest BCUT2D eigenvalue weighted by atomic mass is 79.9. The molecule has 0 saturated heterocycles. The van der Waals surface area contributed by atoms with Gasteiger partial charge >= 0.3 is 0 Å². The largest absolute Gasteiger partial charge is 0.461 e. The normalized spacial score (nSPS) is 12.7. The number of furan rings is 1. The third-order valence-corrected chi connectivity index (χ3v) is 4.38. The van der Waals surface area contributed by atoms with Gasteiger partial charge in [0.2, 0.25) is 0 Å². The van der Waals surface area contributed by atoms with E-state index in [-0.39, 0.29) is 0 Å². The van der Waals surface area contributed by atoms with Crippen molar-refractivity contribution in [2.24, 2.45) is 0 Å². The number of benzene rings is 2. The standard InChI is InChI=1S/C18H18BrNO/c1-12(14-7-9-15(19)10-8-14)20-11-17-13(2)21-18-6-4-3-5-16(17)18/h3-10,12,20H,11H2,1-2H3/t12-/m0/s1. The molecule has 108 valence electrons. The van der Waals surface area contributed by atoms with Gasteiger partial charge in [-0.1, -0.05) is 46.3 Å². The third kappa shape index (κ3) is 3.04. The summed E-state index contributed by atoms with van der Waals surface area (Å²) in [4.78, 5) is 0. The monoisotopic (exact) mass is 343 g/mol. The molecule has 3 rings (SSSR count). The van der Waals surface area contributed by atoms with Gasteiger partial charge in [-0.15, -0.1) is 0 Å². The van der Waals surface area contributed by atoms with E-state index in [1.165, 1.54) is 16.5 Å². The second kappa shape index (κ2) is 6.04. The third-order valence-electron chi connectivity index (χ3n) is 3.86. The average molecular weight is 344 g/mol. The first-order chi connectivity index (χ1) is 10.1. The van der Waals surface area contributed by atoms with Crippen molar-refractivity contribution in [1.29, 1.82) is 0 Å². The molecule has 0 bridgehead atoms. The van der Waals surface area contributed by atoms with Crippen LogP contribution in [0.25, 0.3) is 11.0 Å². The maximum absolute atomic E-state index is 5.81. The average Bonchev–Trinajstić information content (AvgIpc) is 2.81. The quantitative estimate of drug-likeness (QED) is 0.690. The van der Waals surface area contributed by atoms with Gasteiger partial charge in [0.1, 0.15) is 11.3 Å². The molecule has 0 aliphatic carbocycles. The zero-order valence-electron chi connectivity index (χ0n) is 12.2. The predicted molar refractivity (Wildman–Crippen MR) is 90.3 cm³/mol. The number of halogens is 1. The molecule has 0 aliphatic rings. The number of fused-ring (bicyclic) bond motifs is 1. The van der Waals surface area contributed by atoms with Gasteiger partial charge in [-0.3, -0.25) is 0 Å². The maximum atomic E-state index is 5.81. The molecule has 0 unspecified atom stereocenters. The summed E-state index contributed by atoms with van der Waals surface area (Å²) < 4.78 is 6.91. The Bertz CT molecular complexity index is 746. The molecule has 2 aromatic carbocycles. The first-order valence-electron chi connectivity index (χ1n) is 7.11. The molecule has 1 aromatic heterocycles. The molecule has 1 atom stereocenters. The van der Waals surface area contributed by atoms with Crippen LogP contribution >= 0.6 is 15.9 Å². The maximum Gasteiger partial charge on any atom is 0.134 e. The fourth-order valence-electron chi connectivity index (χ4n) is 2.57. The molecule has 21 heavy (non-hydrogen) atoms. The van der Waals surface area contributed by atoms with Crippen LogP contribution < -0.4 is 5.32 Å². The van der Waals surface area contributed by atoms with E-state index in [1.807, 2.05) is 19.1 Å². The van der Waals surface area contributed by atoms with E-state index < -0.39 is 0 Å². The van der Waals surface area contributed by atoms with Crippen LogP contribution in [-0.4, -0.2) is 0 Å². The molecule has 3 aromatic rings. The molecule has 3 heteroatoms. The molecular weight excluding hydrogens is 326 g/mol. The fourth-order valence-corrected chi connectivity index (χ4v) is 2.83. The predicted octanol–water partition coefficient (Wildman–Crippen LogP) is 5.35. The summed E-state index contributed by atoms with van der Waals surface area (Å²) in [6.07, 6.45) is 0. The lowest BCUT2D eigenvalue weighted by atomic mass is 10.1. The van der Waals surface area contributed by atoms with Gasteiger partial charge in [-0.05, 0) is 37.6 Å². The van der Waals surface area contributed by atoms with Crippen molar-refractivity contribution < 1.29 is 4.42 Å². The Morgan fingerprint density at radius 3 is 2.57 bits per heavy atom. The van der Waals surface area contributed by atoms with Crippen molar-refractivity contribution >= 4 is 26.9 Å². The zero-order chi connectivity index (χ0) is 14.8. The van der Waals surface area contributed by atoms with E-state index in [0.717, 1.165) is 22.4 Å². The van der Waals surface area contributed by atoms with Crippen molar-refractivity contribution in [2.45, 2.75) is 26.4 Å². The first kappa shape index (κ1) is 14.4. The summed E-state index contributed by atoms with van der Waals surface area (Å²) in [5, 5.41) is 4.78. The minimum atomic E-state index is 0.297. The number of hydrogen-bond donors (Lipinski definition) is 1. The van der Waals surface area contributed by atoms with E-state index in [0.29, 0.717) is 6.04 Å². The topological polar surface area (TPSA) is 25.2 Å². The minimum absolute atomic E-state index is 0.297. The van der Waals surface area contributed by atoms with Crippen LogP contribution in [0.15, 0.2) is 57.4 Å². The highest BCUT2D eigenvalue weighted by Gasteiger charge is 2.12. The van der Waals surface area contributed by atoms with Gasteiger partial charge in [-0.25, -0.2) is 0 Å². The molecule has 0 aliphatic heterocycles. The summed E-state index contributed by atoms with van der Waals surface area (Å²) in [7, 11) is 0. The Labute approximate surface area is 133 Å². The van der Waals surface area contributed by atoms with Gasteiger partial charge in [0.15, 0.2) is 0 Å². The Hall–Kier alpha value is -1.58. The number of para-hydroxylation sites is 1. The van der Waals surface area contributed by atoms with Crippen LogP contribution in [0, 0.1) is 6.92 Å². The van der Waals surface area contributed by atoms with Crippen LogP contribution in [-0.2, 0) is 6.54 Å². The molecule has 0 amide bonds. The SMILES string of the molecule is Cc1oc2ccccc2c1CN[C@@H](C)c1ccc(Br)cc1. The Morgan fingerprint density at radius 1 is 1.10 bits per heavy atom. The lowest BCUT2D eigenvalue weighted by Gasteiger charge is -2.14. The molecule has 0 spiro atoms. The smallest absolute Gasteiger partial charge is 0.134 e. The van der Waals surface area contributed by atoms with Crippen molar-refractivity contribution in [1.82, 2.24) is 5.32 Å². The van der Waals surface area contributed by atoms with E-state index in [1.54, 1.807) is 0 Å². The Balaban J connectivity index is 1.77. The molecule has 0 fully saturated rings. The van der Waals surface area contributed by atoms with E-state index in [2.05, 4.69) is 64.6 Å². The van der Waals surface area contributed by atoms with Gasteiger partial charge in [0.25, 0.3) is 0 Å². The number of aryl methyl sites for hydroxylation is 1. The highest BCUT2D eigenvalue weighted by Crippen LogP contribution is 2.26. The fraction of sp³-hybridized carbons (Fsp3) is 0.222. The highest BCUT2D eigenvalue weighted by molar-refractivity contribution is 9.10. The van der Waals surface area contributed by atoms with E-state index >= 15 is 0 Å². The molecule has 1 heterocycles. The lowest BCUT2D eigenvalue weighted by molar-refractivity contribution is 0.544. The summed E-state index contributed by atoms with van der Waals surface area (Å²) in [6, 6.07) is 16.9. The molecule has 1 N–H and O–H groups in total. The Morgan fingerprint density at radius 2 is 1.81 bits per heavy atom. The second-order valence-electron chi connectivity index (χ2n) is 5.29. The van der Waals surface area contributed by atoms with Crippen molar-refractivity contribution in [3.05, 3.63) is 69.9 Å². The summed E-state index contributed by atoms with van der Waals surface area (Å²) in [6.45, 7) is 5.02. The zero-order valence-corrected chi connectivity index (χ0v) is 13.8. The van der Waals surface area contributed by atoms with Gasteiger partial charge in [0.05, 0.1) is 0 Å². The number of rotatable bonds is 4. The molecule has 0 saturated carbocycles. The van der Waals surface area contributed by atoms with Gasteiger partial charge in [0, 0.05) is 28.0 Å². The van der Waals surface area contributed by atoms with E-state index in [9.17, 15) is 0 Å². The Kier molecular flexibility index (Phi) is 4.13. The number of hydrogen-bond acceptors (Lipinski definition) is 2. The minimum Gasteiger partial charge on any atom is -0.461 e. The van der Waals surface area contributed by atoms with Crippen molar-refractivity contribution in [2.75, 3.05) is 0 Å². The van der Waals surface area contributed by atoms with Crippen LogP contribution in [0.4, 0.5) is 0 Å². The first-order valence-corrected chi connectivity index (χ1v) is 7.90. The van der Waals surface area contributed by atoms with Crippen LogP contribution in [0.5, 0.6) is 0 Å². The van der Waals surface area contributed by atoms with Gasteiger partial charge < -0.3 is 9.73 Å². The lowest BCUT2D eigenvalue weighted by Crippen LogP contribution is -2.18. The van der Waals surface area contributed by atoms with Crippen LogP contribution in [0.1, 0.15) is 29.9 Å². The van der Waals surface area contributed by atoms with Crippen LogP contribution in [0.3, 0.4) is 0 Å². The molecule has 0 radical (unpaired) electrons. The number of nitrogens with one attached hydrogen (secondary N) is 1. The second-order valence-corrected chi connectivity index (χ2v) is 6.20. The molecule has 2 nitrogen and oxygen atoms in total. The van der Waals surface area contributed by atoms with Crippen LogP contribution in [0.2, 0.25) is 0 Å². The summed E-state index contributed by atoms with van der Waals surface area (Å²) in [5.74, 6) is 0.992. The summed E-state index contributed by atoms with van der Waals surface area (Å²) >= 11 is 3.47. The molecular formula is C18H18BrNO. The van der Waals surface area contributed by atoms with Crippen molar-refractivity contribution in [3.8, 4) is 0 Å². The van der Waals surface area contributed by atoms with Crippen molar-refractivity contribution in [3.63, 3.8) is 0 Å². The van der Waals surface area contributed by atoms with Gasteiger partial charge in [-0.2, -0.15) is 0 Å². The summed E-state index contributed by atoms with van der Waals surface area (Å²) in [5.41, 5.74) is 3.49. The van der Waals surface area contributed by atoms with E-state index in [4.69, 9.17) is 4.42 Å².